The second kappa shape index (κ2) is 38.2. The molecule has 10 heteroatoms. The molecule has 0 saturated carbocycles. The lowest BCUT2D eigenvalue weighted by Gasteiger charge is -2.19. The van der Waals surface area contributed by atoms with Gasteiger partial charge in [0.2, 0.25) is 0 Å². The van der Waals surface area contributed by atoms with Gasteiger partial charge in [0.1, 0.15) is 6.61 Å². The number of rotatable bonds is 36. The van der Waals surface area contributed by atoms with Crippen molar-refractivity contribution in [3.05, 3.63) is 72.9 Å². The summed E-state index contributed by atoms with van der Waals surface area (Å²) in [6.45, 7) is 3.51. The second-order valence-corrected chi connectivity index (χ2v) is 14.2. The Hall–Kier alpha value is -2.55. The fraction of sp³-hybridized carbons (Fsp3) is 0.667. The Morgan fingerprint density at radius 2 is 1.08 bits per heavy atom. The molecule has 0 saturated heterocycles. The molecule has 0 heterocycles. The fourth-order valence-corrected chi connectivity index (χ4v) is 5.66. The number of hydrogen-bond acceptors (Lipinski definition) is 8. The molecule has 2 atom stereocenters. The maximum atomic E-state index is 12.5. The largest absolute Gasteiger partial charge is 0.472 e. The van der Waals surface area contributed by atoms with Crippen LogP contribution in [0, 0.1) is 0 Å². The van der Waals surface area contributed by atoms with Crippen LogP contribution < -0.4 is 5.73 Å². The minimum Gasteiger partial charge on any atom is -0.462 e. The van der Waals surface area contributed by atoms with Crippen molar-refractivity contribution in [1.82, 2.24) is 0 Å². The third kappa shape index (κ3) is 37.2. The van der Waals surface area contributed by atoms with Crippen LogP contribution in [-0.2, 0) is 32.7 Å². The Morgan fingerprint density at radius 3 is 1.65 bits per heavy atom. The molecule has 0 radical (unpaired) electrons. The minimum absolute atomic E-state index is 0.0398. The Labute approximate surface area is 316 Å². The van der Waals surface area contributed by atoms with Crippen molar-refractivity contribution >= 4 is 19.8 Å². The van der Waals surface area contributed by atoms with Crippen molar-refractivity contribution in [1.29, 1.82) is 0 Å². The maximum Gasteiger partial charge on any atom is 0.472 e. The molecule has 0 aliphatic carbocycles. The van der Waals surface area contributed by atoms with E-state index < -0.39 is 32.5 Å². The Morgan fingerprint density at radius 1 is 0.596 bits per heavy atom. The summed E-state index contributed by atoms with van der Waals surface area (Å²) >= 11 is 0. The zero-order valence-electron chi connectivity index (χ0n) is 32.5. The van der Waals surface area contributed by atoms with Gasteiger partial charge in [0, 0.05) is 19.4 Å². The van der Waals surface area contributed by atoms with E-state index in [2.05, 4.69) is 80.7 Å². The first-order valence-corrected chi connectivity index (χ1v) is 21.4. The van der Waals surface area contributed by atoms with E-state index >= 15 is 0 Å². The molecule has 0 amide bonds. The average molecular weight is 750 g/mol. The normalized spacial score (nSPS) is 14.2. The highest BCUT2D eigenvalue weighted by Crippen LogP contribution is 2.43. The van der Waals surface area contributed by atoms with Crippen LogP contribution in [0.5, 0.6) is 0 Å². The predicted octanol–water partition coefficient (Wildman–Crippen LogP) is 11.1. The number of hydrogen-bond donors (Lipinski definition) is 2. The number of ether oxygens (including phenoxy) is 2. The number of carbonyl (C=O) groups is 2. The summed E-state index contributed by atoms with van der Waals surface area (Å²) in [5, 5.41) is 0. The van der Waals surface area contributed by atoms with E-state index in [-0.39, 0.29) is 32.6 Å². The van der Waals surface area contributed by atoms with Gasteiger partial charge in [-0.05, 0) is 77.0 Å². The highest BCUT2D eigenvalue weighted by Gasteiger charge is 2.25. The predicted molar refractivity (Wildman–Crippen MR) is 215 cm³/mol. The number of esters is 2. The molecule has 298 valence electrons. The van der Waals surface area contributed by atoms with Crippen LogP contribution >= 0.6 is 7.82 Å². The minimum atomic E-state index is -4.39. The summed E-state index contributed by atoms with van der Waals surface area (Å²) in [7, 11) is -4.39. The molecule has 9 nitrogen and oxygen atoms in total. The van der Waals surface area contributed by atoms with Crippen molar-refractivity contribution in [3.63, 3.8) is 0 Å². The molecule has 0 aromatic rings. The molecule has 0 aromatic carbocycles. The quantitative estimate of drug-likeness (QED) is 0.0278. The van der Waals surface area contributed by atoms with E-state index in [4.69, 9.17) is 24.3 Å². The van der Waals surface area contributed by atoms with E-state index in [1.165, 1.54) is 38.5 Å². The Bertz CT molecular complexity index is 1080. The molecule has 0 rings (SSSR count). The summed E-state index contributed by atoms with van der Waals surface area (Å²) in [5.41, 5.74) is 5.33. The average Bonchev–Trinajstić information content (AvgIpc) is 3.13. The van der Waals surface area contributed by atoms with E-state index in [1.54, 1.807) is 0 Å². The summed E-state index contributed by atoms with van der Waals surface area (Å²) in [6, 6.07) is 0. The topological polar surface area (TPSA) is 134 Å². The van der Waals surface area contributed by atoms with Crippen LogP contribution in [0.2, 0.25) is 0 Å². The van der Waals surface area contributed by atoms with E-state index in [9.17, 15) is 19.0 Å². The van der Waals surface area contributed by atoms with Gasteiger partial charge < -0.3 is 20.1 Å². The molecule has 3 N–H and O–H groups in total. The molecule has 52 heavy (non-hydrogen) atoms. The van der Waals surface area contributed by atoms with Gasteiger partial charge in [0.15, 0.2) is 6.10 Å². The SMILES string of the molecule is CC/C=C\C/C=C\C/C=C\C/C=C\C/C=C\CCCC(=O)OC(COC(=O)CCCCCCC/C=C\CCCCCCC)COP(=O)(O)OCCN. The molecule has 0 aliphatic heterocycles. The van der Waals surface area contributed by atoms with Crippen LogP contribution in [0.1, 0.15) is 149 Å². The van der Waals surface area contributed by atoms with E-state index in [0.29, 0.717) is 19.3 Å². The number of phosphoric acid groups is 1. The van der Waals surface area contributed by atoms with E-state index in [0.717, 1.165) is 64.2 Å². The van der Waals surface area contributed by atoms with Crippen LogP contribution in [0.3, 0.4) is 0 Å². The molecule has 0 bridgehead atoms. The lowest BCUT2D eigenvalue weighted by atomic mass is 10.1. The first-order chi connectivity index (χ1) is 25.3. The van der Waals surface area contributed by atoms with Gasteiger partial charge in [0.05, 0.1) is 13.2 Å². The monoisotopic (exact) mass is 749 g/mol. The highest BCUT2D eigenvalue weighted by atomic mass is 31.2. The van der Waals surface area contributed by atoms with Crippen molar-refractivity contribution < 1.29 is 37.6 Å². The summed E-state index contributed by atoms with van der Waals surface area (Å²) in [6.07, 6.45) is 45.1. The van der Waals surface area contributed by atoms with Crippen LogP contribution in [0.4, 0.5) is 0 Å². The molecule has 2 unspecified atom stereocenters. The number of carbonyl (C=O) groups excluding carboxylic acids is 2. The first-order valence-electron chi connectivity index (χ1n) is 19.9. The number of phosphoric ester groups is 1. The smallest absolute Gasteiger partial charge is 0.462 e. The van der Waals surface area contributed by atoms with Gasteiger partial charge in [-0.1, -0.05) is 132 Å². The van der Waals surface area contributed by atoms with Gasteiger partial charge >= 0.3 is 19.8 Å². The third-order valence-electron chi connectivity index (χ3n) is 7.83. The van der Waals surface area contributed by atoms with Gasteiger partial charge in [-0.2, -0.15) is 0 Å². The van der Waals surface area contributed by atoms with Crippen LogP contribution in [0.25, 0.3) is 0 Å². The fourth-order valence-electron chi connectivity index (χ4n) is 4.90. The second-order valence-electron chi connectivity index (χ2n) is 12.8. The summed E-state index contributed by atoms with van der Waals surface area (Å²) in [4.78, 5) is 34.7. The van der Waals surface area contributed by atoms with Gasteiger partial charge in [-0.3, -0.25) is 18.6 Å². The zero-order chi connectivity index (χ0) is 38.2. The maximum absolute atomic E-state index is 12.5. The molecule has 0 fully saturated rings. The molecule has 0 aliphatic rings. The Kier molecular flexibility index (Phi) is 36.3. The van der Waals surface area contributed by atoms with Gasteiger partial charge in [0.25, 0.3) is 0 Å². The number of unbranched alkanes of at least 4 members (excludes halogenated alkanes) is 11. The van der Waals surface area contributed by atoms with Crippen molar-refractivity contribution in [2.45, 2.75) is 155 Å². The molecule has 0 aromatic heterocycles. The van der Waals surface area contributed by atoms with Gasteiger partial charge in [-0.25, -0.2) is 4.57 Å². The third-order valence-corrected chi connectivity index (χ3v) is 8.81. The standard InChI is InChI=1S/C42H72NO8P/c1-3-5-7-9-11-13-15-17-19-20-21-23-25-27-29-31-33-35-42(45)51-40(39-50-52(46,47)49-37-36-43)38-48-41(44)34-32-30-28-26-24-22-18-16-14-12-10-8-6-4-2/h5,7,11,13,16-19,21,23,27,29,40H,3-4,6,8-10,12,14-15,20,22,24-26,28,30-39,43H2,1-2H3,(H,46,47)/b7-5-,13-11-,18-16-,19-17-,23-21-,29-27-. The zero-order valence-corrected chi connectivity index (χ0v) is 33.4. The Balaban J connectivity index is 4.34. The van der Waals surface area contributed by atoms with Crippen LogP contribution in [0.15, 0.2) is 72.9 Å². The lowest BCUT2D eigenvalue weighted by molar-refractivity contribution is -0.161. The first kappa shape index (κ1) is 49.5. The van der Waals surface area contributed by atoms with Gasteiger partial charge in [-0.15, -0.1) is 0 Å². The molecular weight excluding hydrogens is 677 g/mol. The summed E-state index contributed by atoms with van der Waals surface area (Å²) < 4.78 is 32.6. The molecular formula is C42H72NO8P. The van der Waals surface area contributed by atoms with Crippen molar-refractivity contribution in [3.8, 4) is 0 Å². The number of allylic oxidation sites excluding steroid dienone is 12. The molecule has 0 spiro atoms. The number of nitrogens with two attached hydrogens (primary N) is 1. The van der Waals surface area contributed by atoms with Crippen molar-refractivity contribution in [2.75, 3.05) is 26.4 Å². The summed E-state index contributed by atoms with van der Waals surface area (Å²) in [5.74, 6) is -0.914. The van der Waals surface area contributed by atoms with Crippen LogP contribution in [-0.4, -0.2) is 49.3 Å². The lowest BCUT2D eigenvalue weighted by Crippen LogP contribution is -2.29. The van der Waals surface area contributed by atoms with E-state index in [1.807, 2.05) is 6.08 Å². The van der Waals surface area contributed by atoms with Crippen molar-refractivity contribution in [2.24, 2.45) is 5.73 Å². The highest BCUT2D eigenvalue weighted by molar-refractivity contribution is 7.47.